The van der Waals surface area contributed by atoms with E-state index in [1.807, 2.05) is 31.6 Å². The van der Waals surface area contributed by atoms with Crippen LogP contribution < -0.4 is 10.2 Å². The summed E-state index contributed by atoms with van der Waals surface area (Å²) in [5.41, 5.74) is 1.08. The van der Waals surface area contributed by atoms with Crippen molar-refractivity contribution >= 4 is 28.6 Å². The number of nitro groups is 1. The first-order valence-corrected chi connectivity index (χ1v) is 9.86. The van der Waals surface area contributed by atoms with Crippen LogP contribution >= 0.6 is 11.3 Å². The molecule has 2 heterocycles. The third-order valence-electron chi connectivity index (χ3n) is 4.83. The highest BCUT2D eigenvalue weighted by molar-refractivity contribution is 7.10. The highest BCUT2D eigenvalue weighted by Gasteiger charge is 2.24. The summed E-state index contributed by atoms with van der Waals surface area (Å²) in [6.07, 6.45) is 2.14. The van der Waals surface area contributed by atoms with Crippen LogP contribution in [0.2, 0.25) is 0 Å². The molecule has 1 fully saturated rings. The maximum atomic E-state index is 12.9. The molecule has 1 unspecified atom stereocenters. The van der Waals surface area contributed by atoms with E-state index in [0.717, 1.165) is 31.6 Å². The second-order valence-corrected chi connectivity index (χ2v) is 7.84. The van der Waals surface area contributed by atoms with Gasteiger partial charge in [-0.1, -0.05) is 6.07 Å². The fourth-order valence-electron chi connectivity index (χ4n) is 3.36. The van der Waals surface area contributed by atoms with Gasteiger partial charge in [0.25, 0.3) is 11.6 Å². The standard InChI is InChI=1S/C19H24N4O3S/c1-21(2)17(18-6-5-11-27-18)13-20-19(24)15-12-14(23(25)26)7-8-16(15)22-9-3-4-10-22/h5-8,11-12,17H,3-4,9-10,13H2,1-2H3,(H,20,24). The van der Waals surface area contributed by atoms with Crippen molar-refractivity contribution in [3.05, 3.63) is 56.3 Å². The van der Waals surface area contributed by atoms with E-state index in [1.54, 1.807) is 17.4 Å². The zero-order valence-corrected chi connectivity index (χ0v) is 16.4. The Morgan fingerprint density at radius 2 is 2.07 bits per heavy atom. The van der Waals surface area contributed by atoms with Crippen LogP contribution in [0.5, 0.6) is 0 Å². The Morgan fingerprint density at radius 1 is 1.33 bits per heavy atom. The van der Waals surface area contributed by atoms with Crippen LogP contribution in [0.25, 0.3) is 0 Å². The third-order valence-corrected chi connectivity index (χ3v) is 5.81. The lowest BCUT2D eigenvalue weighted by Crippen LogP contribution is -2.35. The number of hydrogen-bond acceptors (Lipinski definition) is 6. The first-order valence-electron chi connectivity index (χ1n) is 8.99. The van der Waals surface area contributed by atoms with E-state index in [2.05, 4.69) is 15.1 Å². The van der Waals surface area contributed by atoms with E-state index >= 15 is 0 Å². The SMILES string of the molecule is CN(C)C(CNC(=O)c1cc([N+](=O)[O-])ccc1N1CCCC1)c1cccs1. The van der Waals surface area contributed by atoms with Gasteiger partial charge in [0, 0.05) is 36.6 Å². The molecule has 3 rings (SSSR count). The molecule has 144 valence electrons. The number of benzene rings is 1. The number of nitrogens with one attached hydrogen (secondary N) is 1. The van der Waals surface area contributed by atoms with Gasteiger partial charge >= 0.3 is 0 Å². The second-order valence-electron chi connectivity index (χ2n) is 6.86. The van der Waals surface area contributed by atoms with Crippen LogP contribution in [-0.4, -0.2) is 49.5 Å². The van der Waals surface area contributed by atoms with Crippen LogP contribution in [0, 0.1) is 10.1 Å². The minimum atomic E-state index is -0.460. The van der Waals surface area contributed by atoms with Crippen molar-refractivity contribution in [1.82, 2.24) is 10.2 Å². The van der Waals surface area contributed by atoms with Gasteiger partial charge in [-0.3, -0.25) is 14.9 Å². The molecule has 1 N–H and O–H groups in total. The Morgan fingerprint density at radius 3 is 2.67 bits per heavy atom. The Bertz CT molecular complexity index is 801. The number of amides is 1. The number of rotatable bonds is 7. The van der Waals surface area contributed by atoms with Crippen molar-refractivity contribution in [3.63, 3.8) is 0 Å². The zero-order valence-electron chi connectivity index (χ0n) is 15.6. The van der Waals surface area contributed by atoms with Crippen molar-refractivity contribution < 1.29 is 9.72 Å². The molecule has 0 spiro atoms. The second kappa shape index (κ2) is 8.49. The molecule has 1 atom stereocenters. The summed E-state index contributed by atoms with van der Waals surface area (Å²) >= 11 is 1.65. The molecule has 0 saturated carbocycles. The molecule has 2 aromatic rings. The molecule has 1 aromatic heterocycles. The van der Waals surface area contributed by atoms with Crippen molar-refractivity contribution in [2.75, 3.05) is 38.6 Å². The fourth-order valence-corrected chi connectivity index (χ4v) is 4.28. The third kappa shape index (κ3) is 4.45. The number of nitrogens with zero attached hydrogens (tertiary/aromatic N) is 3. The number of carbonyl (C=O) groups excluding carboxylic acids is 1. The number of likely N-dealkylation sites (N-methyl/N-ethyl adjacent to an activating group) is 1. The summed E-state index contributed by atoms with van der Waals surface area (Å²) in [6.45, 7) is 2.18. The summed E-state index contributed by atoms with van der Waals surface area (Å²) in [5, 5.41) is 16.2. The Kier molecular flexibility index (Phi) is 6.08. The lowest BCUT2D eigenvalue weighted by atomic mass is 10.1. The first-order chi connectivity index (χ1) is 13.0. The van der Waals surface area contributed by atoms with Gasteiger partial charge in [0.1, 0.15) is 0 Å². The number of anilines is 1. The number of carbonyl (C=O) groups is 1. The number of nitro benzene ring substituents is 1. The van der Waals surface area contributed by atoms with Gasteiger partial charge < -0.3 is 15.1 Å². The average molecular weight is 388 g/mol. The van der Waals surface area contributed by atoms with E-state index in [1.165, 1.54) is 17.0 Å². The Hall–Kier alpha value is -2.45. The number of hydrogen-bond donors (Lipinski definition) is 1. The fraction of sp³-hybridized carbons (Fsp3) is 0.421. The summed E-state index contributed by atoms with van der Waals surface area (Å²) in [7, 11) is 3.94. The van der Waals surface area contributed by atoms with Crippen molar-refractivity contribution in [3.8, 4) is 0 Å². The summed E-state index contributed by atoms with van der Waals surface area (Å²) in [4.78, 5) is 29.0. The molecule has 0 radical (unpaired) electrons. The van der Waals surface area contributed by atoms with Crippen LogP contribution in [0.4, 0.5) is 11.4 Å². The zero-order chi connectivity index (χ0) is 19.4. The Balaban J connectivity index is 1.81. The molecular formula is C19H24N4O3S. The van der Waals surface area contributed by atoms with E-state index in [4.69, 9.17) is 0 Å². The van der Waals surface area contributed by atoms with E-state index in [-0.39, 0.29) is 17.6 Å². The maximum absolute atomic E-state index is 12.9. The molecule has 1 amide bonds. The van der Waals surface area contributed by atoms with Crippen molar-refractivity contribution in [1.29, 1.82) is 0 Å². The molecule has 0 aliphatic carbocycles. The van der Waals surface area contributed by atoms with Gasteiger partial charge in [-0.25, -0.2) is 0 Å². The van der Waals surface area contributed by atoms with Crippen molar-refractivity contribution in [2.45, 2.75) is 18.9 Å². The quantitative estimate of drug-likeness (QED) is 0.582. The van der Waals surface area contributed by atoms with Crippen molar-refractivity contribution in [2.24, 2.45) is 0 Å². The topological polar surface area (TPSA) is 78.7 Å². The number of thiophene rings is 1. The van der Waals surface area contributed by atoms with E-state index < -0.39 is 4.92 Å². The lowest BCUT2D eigenvalue weighted by molar-refractivity contribution is -0.384. The molecule has 8 heteroatoms. The Labute approximate surface area is 162 Å². The molecule has 1 aliphatic heterocycles. The largest absolute Gasteiger partial charge is 0.371 e. The van der Waals surface area contributed by atoms with Gasteiger partial charge in [-0.2, -0.15) is 0 Å². The lowest BCUT2D eigenvalue weighted by Gasteiger charge is -2.25. The molecule has 1 aromatic carbocycles. The molecule has 7 nitrogen and oxygen atoms in total. The maximum Gasteiger partial charge on any atom is 0.270 e. The average Bonchev–Trinajstić information content (AvgIpc) is 3.35. The first kappa shape index (κ1) is 19.3. The van der Waals surface area contributed by atoms with Crippen LogP contribution in [-0.2, 0) is 0 Å². The molecular weight excluding hydrogens is 364 g/mol. The predicted octanol–water partition coefficient (Wildman–Crippen LogP) is 3.29. The van der Waals surface area contributed by atoms with Crippen LogP contribution in [0.15, 0.2) is 35.7 Å². The normalized spacial score (nSPS) is 15.1. The van der Waals surface area contributed by atoms with Crippen LogP contribution in [0.3, 0.4) is 0 Å². The van der Waals surface area contributed by atoms with Gasteiger partial charge in [-0.05, 0) is 44.4 Å². The monoisotopic (exact) mass is 388 g/mol. The van der Waals surface area contributed by atoms with E-state index in [0.29, 0.717) is 12.1 Å². The minimum Gasteiger partial charge on any atom is -0.371 e. The molecule has 27 heavy (non-hydrogen) atoms. The number of non-ortho nitro benzene ring substituents is 1. The predicted molar refractivity (Wildman–Crippen MR) is 108 cm³/mol. The van der Waals surface area contributed by atoms with Gasteiger partial charge in [0.15, 0.2) is 0 Å². The summed E-state index contributed by atoms with van der Waals surface area (Å²) < 4.78 is 0. The smallest absolute Gasteiger partial charge is 0.270 e. The molecule has 1 aliphatic rings. The highest BCUT2D eigenvalue weighted by atomic mass is 32.1. The van der Waals surface area contributed by atoms with E-state index in [9.17, 15) is 14.9 Å². The highest BCUT2D eigenvalue weighted by Crippen LogP contribution is 2.29. The van der Waals surface area contributed by atoms with Gasteiger partial charge in [0.05, 0.1) is 22.2 Å². The minimum absolute atomic E-state index is 0.0582. The van der Waals surface area contributed by atoms with Gasteiger partial charge in [-0.15, -0.1) is 11.3 Å². The van der Waals surface area contributed by atoms with Gasteiger partial charge in [0.2, 0.25) is 0 Å². The molecule has 1 saturated heterocycles. The summed E-state index contributed by atoms with van der Waals surface area (Å²) in [5.74, 6) is -0.274. The molecule has 0 bridgehead atoms. The summed E-state index contributed by atoms with van der Waals surface area (Å²) in [6, 6.07) is 8.65. The van der Waals surface area contributed by atoms with Crippen LogP contribution in [0.1, 0.15) is 34.1 Å².